The van der Waals surface area contributed by atoms with E-state index in [1.165, 1.54) is 21.2 Å². The topological polar surface area (TPSA) is 115 Å². The molecule has 1 aromatic carbocycles. The van der Waals surface area contributed by atoms with Crippen molar-refractivity contribution in [2.75, 3.05) is 26.0 Å². The summed E-state index contributed by atoms with van der Waals surface area (Å²) in [6.45, 7) is 2.77. The Kier molecular flexibility index (Phi) is 8.43. The predicted octanol–water partition coefficient (Wildman–Crippen LogP) is 0.926. The van der Waals surface area contributed by atoms with Crippen LogP contribution >= 0.6 is 11.8 Å². The molecule has 2 N–H and O–H groups in total. The summed E-state index contributed by atoms with van der Waals surface area (Å²) >= 11 is 1.01. The maximum atomic E-state index is 12.7. The highest BCUT2D eigenvalue weighted by atomic mass is 32.2. The van der Waals surface area contributed by atoms with E-state index in [2.05, 4.69) is 10.3 Å². The number of carbonyl (C=O) groups is 1. The molecule has 2 aromatic rings. The highest BCUT2D eigenvalue weighted by Crippen LogP contribution is 2.23. The van der Waals surface area contributed by atoms with E-state index in [4.69, 9.17) is 4.74 Å². The van der Waals surface area contributed by atoms with Crippen molar-refractivity contribution in [1.82, 2.24) is 14.5 Å². The zero-order chi connectivity index (χ0) is 22.3. The predicted molar refractivity (Wildman–Crippen MR) is 118 cm³/mol. The number of rotatable bonds is 8. The average Bonchev–Trinajstić information content (AvgIpc) is 2.75. The Morgan fingerprint density at radius 2 is 1.87 bits per heavy atom. The van der Waals surface area contributed by atoms with Gasteiger partial charge in [-0.1, -0.05) is 30.8 Å². The maximum Gasteiger partial charge on any atom is 0.333 e. The molecule has 2 rings (SSSR count). The van der Waals surface area contributed by atoms with Crippen molar-refractivity contribution in [2.45, 2.75) is 13.3 Å². The molecule has 0 aliphatic rings. The fourth-order valence-electron chi connectivity index (χ4n) is 2.58. The Bertz CT molecular complexity index is 1040. The molecule has 0 bridgehead atoms. The lowest BCUT2D eigenvalue weighted by molar-refractivity contribution is -0.118. The second-order valence-corrected chi connectivity index (χ2v) is 7.44. The van der Waals surface area contributed by atoms with Crippen LogP contribution in [0.4, 0.5) is 5.69 Å². The van der Waals surface area contributed by atoms with Gasteiger partial charge < -0.3 is 15.2 Å². The molecule has 0 radical (unpaired) electrons. The molecule has 0 atom stereocenters. The third kappa shape index (κ3) is 5.61. The van der Waals surface area contributed by atoms with Gasteiger partial charge in [0.2, 0.25) is 11.8 Å². The van der Waals surface area contributed by atoms with E-state index < -0.39 is 17.1 Å². The van der Waals surface area contributed by atoms with E-state index in [-0.39, 0.29) is 22.3 Å². The molecular formula is C20H26N4O5S. The second kappa shape index (κ2) is 10.8. The molecule has 1 heterocycles. The minimum Gasteiger partial charge on any atom is -0.494 e. The number of aliphatic imine (C=N–C) groups is 1. The molecule has 0 aliphatic heterocycles. The van der Waals surface area contributed by atoms with Crippen LogP contribution < -0.4 is 16.6 Å². The van der Waals surface area contributed by atoms with E-state index >= 15 is 0 Å². The number of aromatic nitrogens is 2. The quantitative estimate of drug-likeness (QED) is 0.363. The molecule has 162 valence electrons. The molecule has 10 heteroatoms. The minimum absolute atomic E-state index is 0.0268. The highest BCUT2D eigenvalue weighted by molar-refractivity contribution is 8.15. The summed E-state index contributed by atoms with van der Waals surface area (Å²) in [5.74, 6) is -0.798. The normalized spacial score (nSPS) is 11.5. The number of methoxy groups -OCH3 is 1. The summed E-state index contributed by atoms with van der Waals surface area (Å²) in [4.78, 5) is 41.4. The monoisotopic (exact) mass is 434 g/mol. The van der Waals surface area contributed by atoms with Crippen molar-refractivity contribution < 1.29 is 14.6 Å². The lowest BCUT2D eigenvalue weighted by atomic mass is 10.1. The molecule has 0 saturated carbocycles. The van der Waals surface area contributed by atoms with Crippen LogP contribution in [0.3, 0.4) is 0 Å². The number of hydrogen-bond acceptors (Lipinski definition) is 7. The number of nitrogens with zero attached hydrogens (tertiary/aromatic N) is 3. The fourth-order valence-corrected chi connectivity index (χ4v) is 3.44. The third-order valence-corrected chi connectivity index (χ3v) is 5.37. The lowest BCUT2D eigenvalue weighted by Crippen LogP contribution is -2.40. The number of hydrogen-bond donors (Lipinski definition) is 2. The van der Waals surface area contributed by atoms with Gasteiger partial charge in [0.25, 0.3) is 5.56 Å². The van der Waals surface area contributed by atoms with Crippen molar-refractivity contribution >= 4 is 28.4 Å². The number of amides is 1. The molecule has 30 heavy (non-hydrogen) atoms. The van der Waals surface area contributed by atoms with Crippen LogP contribution in [0.25, 0.3) is 0 Å². The Balaban J connectivity index is 2.46. The van der Waals surface area contributed by atoms with Gasteiger partial charge in [-0.15, -0.1) is 0 Å². The zero-order valence-electron chi connectivity index (χ0n) is 17.5. The van der Waals surface area contributed by atoms with Gasteiger partial charge in [-0.3, -0.25) is 18.7 Å². The van der Waals surface area contributed by atoms with Crippen LogP contribution in [0.5, 0.6) is 5.88 Å². The van der Waals surface area contributed by atoms with Gasteiger partial charge >= 0.3 is 5.69 Å². The largest absolute Gasteiger partial charge is 0.494 e. The molecule has 0 unspecified atom stereocenters. The molecule has 1 amide bonds. The summed E-state index contributed by atoms with van der Waals surface area (Å²) in [5.41, 5.74) is 0.210. The summed E-state index contributed by atoms with van der Waals surface area (Å²) in [6.07, 6.45) is 0.870. The summed E-state index contributed by atoms with van der Waals surface area (Å²) in [6, 6.07) is 7.41. The summed E-state index contributed by atoms with van der Waals surface area (Å²) in [5, 5.41) is 13.3. The summed E-state index contributed by atoms with van der Waals surface area (Å²) in [7, 11) is 4.22. The van der Waals surface area contributed by atoms with Gasteiger partial charge in [-0.05, 0) is 24.1 Å². The first-order chi connectivity index (χ1) is 14.3. The Morgan fingerprint density at radius 1 is 1.20 bits per heavy atom. The van der Waals surface area contributed by atoms with Gasteiger partial charge in [0, 0.05) is 27.7 Å². The molecule has 1 aromatic heterocycles. The third-order valence-electron chi connectivity index (χ3n) is 4.39. The molecular weight excluding hydrogens is 408 g/mol. The summed E-state index contributed by atoms with van der Waals surface area (Å²) < 4.78 is 6.76. The van der Waals surface area contributed by atoms with Crippen LogP contribution in [-0.2, 0) is 30.0 Å². The first-order valence-electron chi connectivity index (χ1n) is 9.35. The molecule has 0 saturated heterocycles. The number of ether oxygens (including phenoxy) is 1. The van der Waals surface area contributed by atoms with Crippen LogP contribution in [0.2, 0.25) is 0 Å². The number of benzene rings is 1. The lowest BCUT2D eigenvalue weighted by Gasteiger charge is -2.12. The molecule has 9 nitrogen and oxygen atoms in total. The SMILES string of the molecule is CCc1ccc(N=C(SCC(=O)NCCOC)c2c(O)n(C)c(=O)n(C)c2=O)cc1. The van der Waals surface area contributed by atoms with Crippen molar-refractivity contribution in [2.24, 2.45) is 19.1 Å². The van der Waals surface area contributed by atoms with Gasteiger partial charge in [-0.25, -0.2) is 9.79 Å². The first-order valence-corrected chi connectivity index (χ1v) is 10.3. The van der Waals surface area contributed by atoms with Gasteiger partial charge in [0.05, 0.1) is 18.0 Å². The number of nitrogens with one attached hydrogen (secondary N) is 1. The van der Waals surface area contributed by atoms with Gasteiger partial charge in [-0.2, -0.15) is 0 Å². The smallest absolute Gasteiger partial charge is 0.333 e. The van der Waals surface area contributed by atoms with Crippen molar-refractivity contribution in [3.63, 3.8) is 0 Å². The fraction of sp³-hybridized carbons (Fsp3) is 0.400. The Hall–Kier alpha value is -2.85. The van der Waals surface area contributed by atoms with E-state index in [0.717, 1.165) is 32.9 Å². The molecule has 0 aliphatic carbocycles. The molecule has 0 spiro atoms. The second-order valence-electron chi connectivity index (χ2n) is 6.47. The van der Waals surface area contributed by atoms with E-state index in [0.29, 0.717) is 18.8 Å². The highest BCUT2D eigenvalue weighted by Gasteiger charge is 2.21. The van der Waals surface area contributed by atoms with Crippen molar-refractivity contribution in [3.8, 4) is 5.88 Å². The zero-order valence-corrected chi connectivity index (χ0v) is 18.3. The van der Waals surface area contributed by atoms with Crippen molar-refractivity contribution in [1.29, 1.82) is 0 Å². The number of aromatic hydroxyl groups is 1. The van der Waals surface area contributed by atoms with Crippen LogP contribution in [-0.4, -0.2) is 51.2 Å². The number of aryl methyl sites for hydroxylation is 1. The van der Waals surface area contributed by atoms with Crippen molar-refractivity contribution in [3.05, 3.63) is 56.2 Å². The minimum atomic E-state index is -0.688. The van der Waals surface area contributed by atoms with Crippen LogP contribution in [0.1, 0.15) is 18.1 Å². The number of thioether (sulfide) groups is 1. The molecule has 0 fully saturated rings. The van der Waals surface area contributed by atoms with E-state index in [1.54, 1.807) is 12.1 Å². The maximum absolute atomic E-state index is 12.7. The Morgan fingerprint density at radius 3 is 2.47 bits per heavy atom. The van der Waals surface area contributed by atoms with Gasteiger partial charge in [0.1, 0.15) is 10.6 Å². The van der Waals surface area contributed by atoms with E-state index in [1.807, 2.05) is 19.1 Å². The Labute approximate surface area is 178 Å². The average molecular weight is 435 g/mol. The standard InChI is InChI=1S/C20H26N4O5S/c1-5-13-6-8-14(9-7-13)22-17(30-12-15(25)21-10-11-29-4)16-18(26)23(2)20(28)24(3)19(16)27/h6-9,26H,5,10-12H2,1-4H3,(H,21,25). The van der Waals surface area contributed by atoms with E-state index in [9.17, 15) is 19.5 Å². The number of carbonyl (C=O) groups excluding carboxylic acids is 1. The van der Waals surface area contributed by atoms with Crippen LogP contribution in [0.15, 0.2) is 38.8 Å². The first kappa shape index (κ1) is 23.4. The van der Waals surface area contributed by atoms with Gasteiger partial charge in [0.15, 0.2) is 0 Å². The van der Waals surface area contributed by atoms with Crippen LogP contribution in [0, 0.1) is 0 Å².